The van der Waals surface area contributed by atoms with E-state index in [1.807, 2.05) is 42.1 Å². The fourth-order valence-corrected chi connectivity index (χ4v) is 3.89. The van der Waals surface area contributed by atoms with Gasteiger partial charge in [0, 0.05) is 43.5 Å². The number of aryl methyl sites for hydroxylation is 1. The van der Waals surface area contributed by atoms with Crippen molar-refractivity contribution < 1.29 is 9.90 Å². The molecule has 0 amide bonds. The first-order chi connectivity index (χ1) is 13.0. The largest absolute Gasteiger partial charge is 0.476 e. The third-order valence-electron chi connectivity index (χ3n) is 5.13. The van der Waals surface area contributed by atoms with Crippen LogP contribution in [-0.4, -0.2) is 35.0 Å². The van der Waals surface area contributed by atoms with Crippen LogP contribution >= 0.6 is 0 Å². The van der Waals surface area contributed by atoms with E-state index in [0.717, 1.165) is 22.6 Å². The minimum absolute atomic E-state index is 0.0764. The van der Waals surface area contributed by atoms with Crippen molar-refractivity contribution in [3.63, 3.8) is 0 Å². The van der Waals surface area contributed by atoms with Crippen molar-refractivity contribution in [2.45, 2.75) is 12.3 Å². The Kier molecular flexibility index (Phi) is 3.12. The molecule has 1 aliphatic carbocycles. The van der Waals surface area contributed by atoms with Gasteiger partial charge in [0.05, 0.1) is 11.4 Å². The summed E-state index contributed by atoms with van der Waals surface area (Å²) < 4.78 is 3.57. The van der Waals surface area contributed by atoms with Crippen molar-refractivity contribution in [1.29, 1.82) is 0 Å². The maximum absolute atomic E-state index is 12.5. The molecule has 1 aromatic carbocycles. The summed E-state index contributed by atoms with van der Waals surface area (Å²) in [6, 6.07) is 7.87. The number of hydrogen-bond acceptors (Lipinski definition) is 4. The topological polar surface area (TPSA) is 105 Å². The Morgan fingerprint density at radius 2 is 2.15 bits per heavy atom. The number of H-pyrrole nitrogens is 1. The van der Waals surface area contributed by atoms with Gasteiger partial charge in [-0.05, 0) is 5.56 Å². The molecule has 0 aliphatic heterocycles. The minimum atomic E-state index is -1.16. The molecule has 1 unspecified atom stereocenters. The molecule has 8 heteroatoms. The minimum Gasteiger partial charge on any atom is -0.476 e. The number of carbonyl (C=O) groups is 1. The second-order valence-electron chi connectivity index (χ2n) is 6.64. The Morgan fingerprint density at radius 1 is 1.33 bits per heavy atom. The number of carboxylic acids is 1. The molecule has 134 valence electrons. The van der Waals surface area contributed by atoms with Crippen LogP contribution in [-0.2, 0) is 13.5 Å². The molecule has 1 atom stereocenters. The molecule has 3 aromatic heterocycles. The van der Waals surface area contributed by atoms with Crippen LogP contribution in [0.5, 0.6) is 0 Å². The number of imidazole rings is 2. The first-order valence-corrected chi connectivity index (χ1v) is 8.48. The Hall–Kier alpha value is -3.68. The van der Waals surface area contributed by atoms with Crippen molar-refractivity contribution in [3.8, 4) is 11.3 Å². The summed E-state index contributed by atoms with van der Waals surface area (Å²) in [5, 5.41) is 9.31. The number of benzene rings is 1. The van der Waals surface area contributed by atoms with Crippen LogP contribution in [0.4, 0.5) is 0 Å². The smallest absolute Gasteiger partial charge is 0.356 e. The Bertz CT molecular complexity index is 1280. The van der Waals surface area contributed by atoms with Gasteiger partial charge >= 0.3 is 5.97 Å². The van der Waals surface area contributed by atoms with Crippen molar-refractivity contribution in [2.75, 3.05) is 0 Å². The predicted octanol–water partition coefficient (Wildman–Crippen LogP) is 1.81. The van der Waals surface area contributed by atoms with E-state index in [2.05, 4.69) is 15.0 Å². The molecule has 3 heterocycles. The molecular weight excluding hydrogens is 346 g/mol. The Balaban J connectivity index is 1.81. The molecule has 0 radical (unpaired) electrons. The van der Waals surface area contributed by atoms with Crippen LogP contribution in [0.2, 0.25) is 0 Å². The normalized spacial score (nSPS) is 15.1. The molecule has 0 spiro atoms. The third kappa shape index (κ3) is 2.16. The molecule has 0 saturated carbocycles. The van der Waals surface area contributed by atoms with Gasteiger partial charge in [-0.2, -0.15) is 0 Å². The van der Waals surface area contributed by atoms with E-state index in [4.69, 9.17) is 0 Å². The summed E-state index contributed by atoms with van der Waals surface area (Å²) in [4.78, 5) is 35.2. The van der Waals surface area contributed by atoms with Crippen molar-refractivity contribution >= 4 is 11.6 Å². The Morgan fingerprint density at radius 3 is 2.89 bits per heavy atom. The van der Waals surface area contributed by atoms with Gasteiger partial charge in [0.2, 0.25) is 5.65 Å². The zero-order chi connectivity index (χ0) is 18.7. The summed E-state index contributed by atoms with van der Waals surface area (Å²) in [6.45, 7) is 0. The van der Waals surface area contributed by atoms with E-state index < -0.39 is 11.5 Å². The van der Waals surface area contributed by atoms with E-state index in [9.17, 15) is 14.7 Å². The predicted molar refractivity (Wildman–Crippen MR) is 97.0 cm³/mol. The van der Waals surface area contributed by atoms with Gasteiger partial charge in [-0.15, -0.1) is 0 Å². The molecule has 0 saturated heterocycles. The maximum atomic E-state index is 12.5. The van der Waals surface area contributed by atoms with E-state index in [1.54, 1.807) is 10.6 Å². The van der Waals surface area contributed by atoms with Gasteiger partial charge < -0.3 is 14.7 Å². The molecule has 4 aromatic rings. The first kappa shape index (κ1) is 15.6. The summed E-state index contributed by atoms with van der Waals surface area (Å²) in [5.74, 6) is -0.337. The second-order valence-corrected chi connectivity index (χ2v) is 6.64. The van der Waals surface area contributed by atoms with E-state index in [1.165, 1.54) is 6.20 Å². The number of aromatic nitrogens is 5. The summed E-state index contributed by atoms with van der Waals surface area (Å²) in [5.41, 5.74) is 3.07. The van der Waals surface area contributed by atoms with E-state index in [-0.39, 0.29) is 17.3 Å². The zero-order valence-electron chi connectivity index (χ0n) is 14.4. The number of hydrogen-bond donors (Lipinski definition) is 2. The number of fused-ring (bicyclic) bond motifs is 5. The number of aromatic carboxylic acids is 1. The zero-order valence-corrected chi connectivity index (χ0v) is 14.4. The lowest BCUT2D eigenvalue weighted by atomic mass is 9.96. The molecule has 2 N–H and O–H groups in total. The highest BCUT2D eigenvalue weighted by molar-refractivity contribution is 5.86. The lowest BCUT2D eigenvalue weighted by molar-refractivity contribution is 0.0691. The van der Waals surface area contributed by atoms with Crippen LogP contribution in [0.25, 0.3) is 16.9 Å². The highest BCUT2D eigenvalue weighted by Gasteiger charge is 2.33. The van der Waals surface area contributed by atoms with Crippen LogP contribution in [0.15, 0.2) is 47.7 Å². The fraction of sp³-hybridized carbons (Fsp3) is 0.158. The fourth-order valence-electron chi connectivity index (χ4n) is 3.89. The monoisotopic (exact) mass is 361 g/mol. The average molecular weight is 361 g/mol. The van der Waals surface area contributed by atoms with Gasteiger partial charge in [-0.25, -0.2) is 14.8 Å². The first-order valence-electron chi connectivity index (χ1n) is 8.48. The molecule has 0 fully saturated rings. The van der Waals surface area contributed by atoms with Crippen LogP contribution in [0.1, 0.15) is 33.5 Å². The number of rotatable bonds is 3. The van der Waals surface area contributed by atoms with Crippen molar-refractivity contribution in [1.82, 2.24) is 23.9 Å². The van der Waals surface area contributed by atoms with Crippen LogP contribution in [0, 0.1) is 0 Å². The number of carboxylic acid groups (broad SMARTS) is 1. The van der Waals surface area contributed by atoms with Gasteiger partial charge in [-0.3, -0.25) is 9.20 Å². The van der Waals surface area contributed by atoms with Crippen LogP contribution < -0.4 is 5.56 Å². The lowest BCUT2D eigenvalue weighted by Gasteiger charge is -2.14. The quantitative estimate of drug-likeness (QED) is 0.579. The van der Waals surface area contributed by atoms with Gasteiger partial charge in [0.15, 0.2) is 5.69 Å². The summed E-state index contributed by atoms with van der Waals surface area (Å²) in [6.07, 6.45) is 5.68. The third-order valence-corrected chi connectivity index (χ3v) is 5.13. The number of nitrogens with zero attached hydrogens (tertiary/aromatic N) is 4. The van der Waals surface area contributed by atoms with Gasteiger partial charge in [0.1, 0.15) is 5.82 Å². The molecule has 1 aliphatic rings. The van der Waals surface area contributed by atoms with Crippen molar-refractivity contribution in [3.05, 3.63) is 76.0 Å². The SMILES string of the molecule is Cn1ccnc1CC1c2ccccc2-c2[nH]c(=O)c3nc(C(=O)O)cn3c21. The van der Waals surface area contributed by atoms with Crippen LogP contribution in [0.3, 0.4) is 0 Å². The Labute approximate surface area is 152 Å². The number of aromatic amines is 1. The molecule has 5 rings (SSSR count). The van der Waals surface area contributed by atoms with E-state index >= 15 is 0 Å². The maximum Gasteiger partial charge on any atom is 0.356 e. The number of nitrogens with one attached hydrogen (secondary N) is 1. The average Bonchev–Trinajstić information content (AvgIpc) is 3.33. The molecular formula is C19H15N5O3. The van der Waals surface area contributed by atoms with E-state index in [0.29, 0.717) is 12.1 Å². The van der Waals surface area contributed by atoms with Crippen molar-refractivity contribution in [2.24, 2.45) is 7.05 Å². The molecule has 0 bridgehead atoms. The molecule has 27 heavy (non-hydrogen) atoms. The standard InChI is InChI=1S/C19H15N5O3/c1-23-7-6-20-14(23)8-12-10-4-2-3-5-11(10)15-16(12)24-9-13(19(26)27)21-17(24)18(25)22-15/h2-7,9,12H,8H2,1H3,(H,22,25)(H,26,27). The highest BCUT2D eigenvalue weighted by atomic mass is 16.4. The lowest BCUT2D eigenvalue weighted by Crippen LogP contribution is -2.16. The second kappa shape index (κ2) is 5.41. The summed E-state index contributed by atoms with van der Waals surface area (Å²) in [7, 11) is 1.94. The highest BCUT2D eigenvalue weighted by Crippen LogP contribution is 2.44. The van der Waals surface area contributed by atoms with Gasteiger partial charge in [-0.1, -0.05) is 24.3 Å². The summed E-state index contributed by atoms with van der Waals surface area (Å²) >= 11 is 0. The van der Waals surface area contributed by atoms with Gasteiger partial charge in [0.25, 0.3) is 5.56 Å². The molecule has 8 nitrogen and oxygen atoms in total.